The van der Waals surface area contributed by atoms with E-state index in [1.807, 2.05) is 0 Å². The highest BCUT2D eigenvalue weighted by molar-refractivity contribution is 5.76. The molecule has 1 amide bonds. The first-order valence-corrected chi connectivity index (χ1v) is 4.75. The van der Waals surface area contributed by atoms with Crippen molar-refractivity contribution in [1.82, 2.24) is 9.88 Å². The second-order valence-electron chi connectivity index (χ2n) is 3.44. The highest BCUT2D eigenvalue weighted by atomic mass is 16.2. The summed E-state index contributed by atoms with van der Waals surface area (Å²) in [6.45, 7) is 0.563. The summed E-state index contributed by atoms with van der Waals surface area (Å²) in [7, 11) is 3.47. The summed E-state index contributed by atoms with van der Waals surface area (Å²) >= 11 is 0. The van der Waals surface area contributed by atoms with Gasteiger partial charge in [-0.05, 0) is 6.07 Å². The van der Waals surface area contributed by atoms with Crippen LogP contribution in [0.4, 0.5) is 11.5 Å². The topological polar surface area (TPSA) is 71.2 Å². The number of nitrogens with zero attached hydrogens (tertiary/aromatic N) is 2. The number of hydrogen-bond donors (Lipinski definition) is 2. The van der Waals surface area contributed by atoms with Gasteiger partial charge in [-0.25, -0.2) is 4.98 Å². The summed E-state index contributed by atoms with van der Waals surface area (Å²) in [5, 5.41) is 3.03. The Kier molecular flexibility index (Phi) is 3.91. The molecule has 5 nitrogen and oxygen atoms in total. The summed E-state index contributed by atoms with van der Waals surface area (Å²) < 4.78 is 0. The lowest BCUT2D eigenvalue weighted by atomic mass is 10.3. The van der Waals surface area contributed by atoms with Crippen LogP contribution < -0.4 is 11.1 Å². The van der Waals surface area contributed by atoms with Crippen LogP contribution in [0.5, 0.6) is 0 Å². The van der Waals surface area contributed by atoms with Gasteiger partial charge in [0.2, 0.25) is 5.91 Å². The molecule has 82 valence electrons. The van der Waals surface area contributed by atoms with Crippen LogP contribution in [0.1, 0.15) is 6.42 Å². The number of nitrogen functional groups attached to an aromatic ring is 1. The Balaban J connectivity index is 2.35. The minimum atomic E-state index is 0.0893. The lowest BCUT2D eigenvalue weighted by Crippen LogP contribution is -2.24. The maximum atomic E-state index is 11.2. The lowest BCUT2D eigenvalue weighted by Gasteiger charge is -2.10. The van der Waals surface area contributed by atoms with Crippen molar-refractivity contribution in [2.45, 2.75) is 6.42 Å². The van der Waals surface area contributed by atoms with E-state index in [1.165, 1.54) is 0 Å². The predicted molar refractivity (Wildman–Crippen MR) is 60.5 cm³/mol. The molecule has 15 heavy (non-hydrogen) atoms. The van der Waals surface area contributed by atoms with Gasteiger partial charge in [0, 0.05) is 45.0 Å². The van der Waals surface area contributed by atoms with Gasteiger partial charge in [-0.15, -0.1) is 0 Å². The molecule has 0 aromatic carbocycles. The molecule has 0 spiro atoms. The number of rotatable bonds is 4. The Morgan fingerprint density at radius 2 is 2.33 bits per heavy atom. The second kappa shape index (κ2) is 5.19. The fourth-order valence-electron chi connectivity index (χ4n) is 1.06. The van der Waals surface area contributed by atoms with E-state index >= 15 is 0 Å². The minimum absolute atomic E-state index is 0.0893. The SMILES string of the molecule is CN(C)C(=O)CCNc1cc(N)ccn1. The average Bonchev–Trinajstić information content (AvgIpc) is 2.17. The van der Waals surface area contributed by atoms with Crippen LogP contribution in [0.2, 0.25) is 0 Å². The van der Waals surface area contributed by atoms with Crippen LogP contribution in [0, 0.1) is 0 Å². The normalized spacial score (nSPS) is 9.73. The van der Waals surface area contributed by atoms with E-state index in [1.54, 1.807) is 37.3 Å². The lowest BCUT2D eigenvalue weighted by molar-refractivity contribution is -0.128. The molecule has 1 heterocycles. The Morgan fingerprint density at radius 1 is 1.60 bits per heavy atom. The summed E-state index contributed by atoms with van der Waals surface area (Å²) in [6.07, 6.45) is 2.08. The zero-order chi connectivity index (χ0) is 11.3. The number of nitrogens with one attached hydrogen (secondary N) is 1. The summed E-state index contributed by atoms with van der Waals surface area (Å²) in [6, 6.07) is 3.45. The number of hydrogen-bond acceptors (Lipinski definition) is 4. The molecule has 1 rings (SSSR count). The molecule has 0 saturated carbocycles. The molecular weight excluding hydrogens is 192 g/mol. The molecule has 0 aliphatic carbocycles. The van der Waals surface area contributed by atoms with Crippen LogP contribution in [0.3, 0.4) is 0 Å². The van der Waals surface area contributed by atoms with Crippen LogP contribution in [-0.4, -0.2) is 36.4 Å². The summed E-state index contributed by atoms with van der Waals surface area (Å²) in [4.78, 5) is 16.9. The van der Waals surface area contributed by atoms with Gasteiger partial charge in [-0.1, -0.05) is 0 Å². The molecule has 1 aromatic heterocycles. The Morgan fingerprint density at radius 3 is 2.93 bits per heavy atom. The Labute approximate surface area is 89.3 Å². The summed E-state index contributed by atoms with van der Waals surface area (Å²) in [5.74, 6) is 0.785. The van der Waals surface area contributed by atoms with Crippen LogP contribution in [0.15, 0.2) is 18.3 Å². The van der Waals surface area contributed by atoms with Gasteiger partial charge in [0.15, 0.2) is 0 Å². The molecule has 0 unspecified atom stereocenters. The first-order valence-electron chi connectivity index (χ1n) is 4.75. The van der Waals surface area contributed by atoms with Gasteiger partial charge in [0.05, 0.1) is 0 Å². The molecular formula is C10H16N4O. The minimum Gasteiger partial charge on any atom is -0.399 e. The van der Waals surface area contributed by atoms with E-state index in [0.29, 0.717) is 24.5 Å². The van der Waals surface area contributed by atoms with Gasteiger partial charge in [-0.2, -0.15) is 0 Å². The number of carbonyl (C=O) groups is 1. The van der Waals surface area contributed by atoms with E-state index in [9.17, 15) is 4.79 Å². The van der Waals surface area contributed by atoms with Crippen LogP contribution in [0.25, 0.3) is 0 Å². The fraction of sp³-hybridized carbons (Fsp3) is 0.400. The van der Waals surface area contributed by atoms with Gasteiger partial charge in [0.25, 0.3) is 0 Å². The van der Waals surface area contributed by atoms with Crippen LogP contribution in [-0.2, 0) is 4.79 Å². The second-order valence-corrected chi connectivity index (χ2v) is 3.44. The van der Waals surface area contributed by atoms with Crippen molar-refractivity contribution in [2.75, 3.05) is 31.7 Å². The maximum absolute atomic E-state index is 11.2. The van der Waals surface area contributed by atoms with E-state index in [-0.39, 0.29) is 5.91 Å². The molecule has 0 aliphatic rings. The number of carbonyl (C=O) groups excluding carboxylic acids is 1. The van der Waals surface area contributed by atoms with Crippen molar-refractivity contribution < 1.29 is 4.79 Å². The maximum Gasteiger partial charge on any atom is 0.223 e. The third-order valence-corrected chi connectivity index (χ3v) is 1.93. The Bertz CT molecular complexity index is 338. The smallest absolute Gasteiger partial charge is 0.223 e. The molecule has 0 aliphatic heterocycles. The number of pyridine rings is 1. The van der Waals surface area contributed by atoms with Crippen molar-refractivity contribution in [3.63, 3.8) is 0 Å². The van der Waals surface area contributed by atoms with Crippen molar-refractivity contribution in [2.24, 2.45) is 0 Å². The first-order chi connectivity index (χ1) is 7.09. The number of anilines is 2. The summed E-state index contributed by atoms with van der Waals surface area (Å²) in [5.41, 5.74) is 6.24. The number of aromatic nitrogens is 1. The average molecular weight is 208 g/mol. The van der Waals surface area contributed by atoms with Gasteiger partial charge in [-0.3, -0.25) is 4.79 Å². The zero-order valence-corrected chi connectivity index (χ0v) is 9.03. The largest absolute Gasteiger partial charge is 0.399 e. The van der Waals surface area contributed by atoms with Crippen LogP contribution >= 0.6 is 0 Å². The van der Waals surface area contributed by atoms with Crippen molar-refractivity contribution >= 4 is 17.4 Å². The molecule has 5 heteroatoms. The number of nitrogens with two attached hydrogens (primary N) is 1. The molecule has 1 aromatic rings. The highest BCUT2D eigenvalue weighted by Gasteiger charge is 2.02. The zero-order valence-electron chi connectivity index (χ0n) is 9.03. The van der Waals surface area contributed by atoms with Gasteiger partial charge < -0.3 is 16.0 Å². The van der Waals surface area contributed by atoms with Gasteiger partial charge >= 0.3 is 0 Å². The monoisotopic (exact) mass is 208 g/mol. The standard InChI is InChI=1S/C10H16N4O/c1-14(2)10(15)4-6-13-9-7-8(11)3-5-12-9/h3,5,7H,4,6H2,1-2H3,(H3,11,12,13). The third kappa shape index (κ3) is 3.84. The van der Waals surface area contributed by atoms with E-state index in [4.69, 9.17) is 5.73 Å². The number of amides is 1. The molecule has 3 N–H and O–H groups in total. The van der Waals surface area contributed by atoms with Gasteiger partial charge in [0.1, 0.15) is 5.82 Å². The third-order valence-electron chi connectivity index (χ3n) is 1.93. The highest BCUT2D eigenvalue weighted by Crippen LogP contribution is 2.07. The van der Waals surface area contributed by atoms with Crippen molar-refractivity contribution in [3.05, 3.63) is 18.3 Å². The van der Waals surface area contributed by atoms with E-state index in [0.717, 1.165) is 0 Å². The van der Waals surface area contributed by atoms with E-state index < -0.39 is 0 Å². The molecule has 0 fully saturated rings. The van der Waals surface area contributed by atoms with Crippen molar-refractivity contribution in [1.29, 1.82) is 0 Å². The fourth-order valence-corrected chi connectivity index (χ4v) is 1.06. The van der Waals surface area contributed by atoms with E-state index in [2.05, 4.69) is 10.3 Å². The van der Waals surface area contributed by atoms with Crippen molar-refractivity contribution in [3.8, 4) is 0 Å². The first kappa shape index (κ1) is 11.3. The Hall–Kier alpha value is -1.78. The molecule has 0 radical (unpaired) electrons. The molecule has 0 saturated heterocycles. The quantitative estimate of drug-likeness (QED) is 0.758. The molecule has 0 bridgehead atoms. The predicted octanol–water partition coefficient (Wildman–Crippen LogP) is 0.554. The molecule has 0 atom stereocenters.